The van der Waals surface area contributed by atoms with Gasteiger partial charge in [-0.1, -0.05) is 44.9 Å². The van der Waals surface area contributed by atoms with Crippen LogP contribution in [0.4, 0.5) is 0 Å². The number of fused-ring (bicyclic) bond motifs is 1. The van der Waals surface area contributed by atoms with Crippen LogP contribution >= 0.6 is 0 Å². The Kier molecular flexibility index (Phi) is 6.26. The first kappa shape index (κ1) is 21.0. The van der Waals surface area contributed by atoms with Gasteiger partial charge in [-0.3, -0.25) is 9.78 Å². The fraction of sp³-hybridized carbons (Fsp3) is 0.360. The number of hydrogen-bond donors (Lipinski definition) is 1. The van der Waals surface area contributed by atoms with E-state index < -0.39 is 5.97 Å². The lowest BCUT2D eigenvalue weighted by Crippen LogP contribution is -2.45. The van der Waals surface area contributed by atoms with Crippen LogP contribution in [0.25, 0.3) is 22.2 Å². The fourth-order valence-corrected chi connectivity index (χ4v) is 4.25. The van der Waals surface area contributed by atoms with Crippen LogP contribution in [0.1, 0.15) is 43.5 Å². The number of carbonyl (C=O) groups is 2. The molecule has 0 aliphatic heterocycles. The van der Waals surface area contributed by atoms with E-state index in [4.69, 9.17) is 4.74 Å². The van der Waals surface area contributed by atoms with Crippen LogP contribution in [0.5, 0.6) is 0 Å². The molecule has 0 radical (unpaired) electrons. The van der Waals surface area contributed by atoms with Crippen molar-refractivity contribution >= 4 is 22.8 Å². The van der Waals surface area contributed by atoms with Crippen LogP contribution in [-0.2, 0) is 9.53 Å². The normalized spacial score (nSPS) is 20.9. The van der Waals surface area contributed by atoms with E-state index in [1.54, 1.807) is 18.5 Å². The van der Waals surface area contributed by atoms with Gasteiger partial charge in [0.05, 0.1) is 16.8 Å². The Balaban J connectivity index is 1.50. The minimum absolute atomic E-state index is 0.133. The van der Waals surface area contributed by atoms with Crippen LogP contribution < -0.4 is 5.32 Å². The van der Waals surface area contributed by atoms with Crippen molar-refractivity contribution in [3.8, 4) is 11.3 Å². The summed E-state index contributed by atoms with van der Waals surface area (Å²) in [5.74, 6) is 0.198. The molecule has 0 spiro atoms. The highest BCUT2D eigenvalue weighted by Gasteiger charge is 2.28. The third-order valence-corrected chi connectivity index (χ3v) is 6.28. The number of benzene rings is 1. The third kappa shape index (κ3) is 4.74. The molecule has 1 fully saturated rings. The highest BCUT2D eigenvalue weighted by atomic mass is 16.5. The molecule has 1 amide bonds. The zero-order chi connectivity index (χ0) is 21.8. The summed E-state index contributed by atoms with van der Waals surface area (Å²) in [7, 11) is 0. The largest absolute Gasteiger partial charge is 0.452 e. The Morgan fingerprint density at radius 1 is 1.13 bits per heavy atom. The zero-order valence-electron chi connectivity index (χ0n) is 17.9. The van der Waals surface area contributed by atoms with Gasteiger partial charge in [-0.15, -0.1) is 0 Å². The maximum absolute atomic E-state index is 12.9. The molecule has 3 aromatic rings. The van der Waals surface area contributed by atoms with Gasteiger partial charge in [0.1, 0.15) is 0 Å². The quantitative estimate of drug-likeness (QED) is 0.623. The number of amides is 1. The molecule has 4 rings (SSSR count). The average Bonchev–Trinajstić information content (AvgIpc) is 2.80. The van der Waals surface area contributed by atoms with Gasteiger partial charge in [0.2, 0.25) is 0 Å². The Bertz CT molecular complexity index is 1080. The van der Waals surface area contributed by atoms with E-state index in [2.05, 4.69) is 29.1 Å². The molecule has 6 nitrogen and oxygen atoms in total. The number of ether oxygens (including phenoxy) is 1. The second kappa shape index (κ2) is 9.25. The van der Waals surface area contributed by atoms with Gasteiger partial charge < -0.3 is 10.1 Å². The van der Waals surface area contributed by atoms with Gasteiger partial charge in [-0.2, -0.15) is 0 Å². The summed E-state index contributed by atoms with van der Waals surface area (Å²) in [6.07, 6.45) is 6.65. The van der Waals surface area contributed by atoms with Crippen molar-refractivity contribution in [1.29, 1.82) is 0 Å². The van der Waals surface area contributed by atoms with E-state index in [9.17, 15) is 9.59 Å². The lowest BCUT2D eigenvalue weighted by molar-refractivity contribution is -0.125. The summed E-state index contributed by atoms with van der Waals surface area (Å²) < 4.78 is 5.40. The molecule has 0 saturated heterocycles. The van der Waals surface area contributed by atoms with Gasteiger partial charge in [0, 0.05) is 29.4 Å². The second-order valence-corrected chi connectivity index (χ2v) is 8.33. The predicted molar refractivity (Wildman–Crippen MR) is 119 cm³/mol. The number of esters is 1. The third-order valence-electron chi connectivity index (χ3n) is 6.28. The lowest BCUT2D eigenvalue weighted by atomic mass is 9.78. The number of nitrogens with one attached hydrogen (secondary N) is 1. The molecule has 6 heteroatoms. The van der Waals surface area contributed by atoms with Gasteiger partial charge >= 0.3 is 5.97 Å². The number of para-hydroxylation sites is 1. The summed E-state index contributed by atoms with van der Waals surface area (Å²) >= 11 is 0. The van der Waals surface area contributed by atoms with Crippen molar-refractivity contribution in [3.63, 3.8) is 0 Å². The molecule has 1 saturated carbocycles. The maximum Gasteiger partial charge on any atom is 0.339 e. The molecular weight excluding hydrogens is 390 g/mol. The molecular formula is C25H27N3O3. The van der Waals surface area contributed by atoms with Gasteiger partial charge in [0.25, 0.3) is 5.91 Å². The van der Waals surface area contributed by atoms with E-state index >= 15 is 0 Å². The van der Waals surface area contributed by atoms with E-state index in [1.165, 1.54) is 6.42 Å². The van der Waals surface area contributed by atoms with Crippen molar-refractivity contribution in [2.75, 3.05) is 6.61 Å². The number of aromatic nitrogens is 2. The number of carbonyl (C=O) groups excluding carboxylic acids is 2. The van der Waals surface area contributed by atoms with Crippen molar-refractivity contribution in [3.05, 3.63) is 60.4 Å². The van der Waals surface area contributed by atoms with Crippen molar-refractivity contribution < 1.29 is 14.3 Å². The smallest absolute Gasteiger partial charge is 0.339 e. The van der Waals surface area contributed by atoms with Crippen LogP contribution in [0, 0.1) is 11.8 Å². The fourth-order valence-electron chi connectivity index (χ4n) is 4.25. The van der Waals surface area contributed by atoms with Gasteiger partial charge in [-0.05, 0) is 42.5 Å². The highest BCUT2D eigenvalue weighted by Crippen LogP contribution is 2.29. The topological polar surface area (TPSA) is 81.2 Å². The SMILES string of the molecule is C[C@H]1[C@H](C)CCC[C@H]1NC(=O)COC(=O)c1cc(-c2cccnc2)nc2ccccc12. The van der Waals surface area contributed by atoms with E-state index in [0.717, 1.165) is 18.4 Å². The number of pyridine rings is 2. The van der Waals surface area contributed by atoms with Crippen molar-refractivity contribution in [1.82, 2.24) is 15.3 Å². The summed E-state index contributed by atoms with van der Waals surface area (Å²) in [6.45, 7) is 4.09. The average molecular weight is 418 g/mol. The molecule has 2 heterocycles. The van der Waals surface area contributed by atoms with E-state index in [0.29, 0.717) is 34.0 Å². The number of rotatable bonds is 5. The van der Waals surface area contributed by atoms with Gasteiger partial charge in [-0.25, -0.2) is 9.78 Å². The van der Waals surface area contributed by atoms with Crippen molar-refractivity contribution in [2.45, 2.75) is 39.2 Å². The highest BCUT2D eigenvalue weighted by molar-refractivity contribution is 6.05. The summed E-state index contributed by atoms with van der Waals surface area (Å²) in [6, 6.07) is 12.9. The maximum atomic E-state index is 12.9. The molecule has 3 atom stereocenters. The first-order valence-electron chi connectivity index (χ1n) is 10.8. The van der Waals surface area contributed by atoms with E-state index in [1.807, 2.05) is 36.4 Å². The Labute approximate surface area is 182 Å². The lowest BCUT2D eigenvalue weighted by Gasteiger charge is -2.34. The molecule has 1 aliphatic carbocycles. The Morgan fingerprint density at radius 2 is 1.97 bits per heavy atom. The minimum Gasteiger partial charge on any atom is -0.452 e. The molecule has 1 aromatic carbocycles. The Hall–Kier alpha value is -3.28. The predicted octanol–water partition coefficient (Wildman–Crippen LogP) is 4.39. The van der Waals surface area contributed by atoms with Crippen LogP contribution in [0.15, 0.2) is 54.9 Å². The van der Waals surface area contributed by atoms with Crippen LogP contribution in [0.2, 0.25) is 0 Å². The van der Waals surface area contributed by atoms with E-state index in [-0.39, 0.29) is 18.6 Å². The molecule has 0 bridgehead atoms. The standard InChI is InChI=1S/C25H27N3O3/c1-16-7-5-11-21(17(16)2)28-24(29)15-31-25(30)20-13-23(18-8-6-12-26-14-18)27-22-10-4-3-9-19(20)22/h3-4,6,8-10,12-14,16-17,21H,5,7,11,15H2,1-2H3,(H,28,29)/t16-,17+,21-/m1/s1. The zero-order valence-corrected chi connectivity index (χ0v) is 17.9. The molecule has 1 aliphatic rings. The number of nitrogens with zero attached hydrogens (tertiary/aromatic N) is 2. The molecule has 160 valence electrons. The first-order chi connectivity index (χ1) is 15.0. The summed E-state index contributed by atoms with van der Waals surface area (Å²) in [5, 5.41) is 3.73. The second-order valence-electron chi connectivity index (χ2n) is 8.33. The first-order valence-corrected chi connectivity index (χ1v) is 10.8. The van der Waals surface area contributed by atoms with Gasteiger partial charge in [0.15, 0.2) is 6.61 Å². The monoisotopic (exact) mass is 417 g/mol. The van der Waals surface area contributed by atoms with Crippen LogP contribution in [-0.4, -0.2) is 34.5 Å². The molecule has 31 heavy (non-hydrogen) atoms. The molecule has 0 unspecified atom stereocenters. The Morgan fingerprint density at radius 3 is 2.77 bits per heavy atom. The van der Waals surface area contributed by atoms with Crippen LogP contribution in [0.3, 0.4) is 0 Å². The van der Waals surface area contributed by atoms with Crippen molar-refractivity contribution in [2.24, 2.45) is 11.8 Å². The number of hydrogen-bond acceptors (Lipinski definition) is 5. The summed E-state index contributed by atoms with van der Waals surface area (Å²) in [5.41, 5.74) is 2.51. The molecule has 1 N–H and O–H groups in total. The minimum atomic E-state index is -0.538. The summed E-state index contributed by atoms with van der Waals surface area (Å²) in [4.78, 5) is 34.1. The molecule has 2 aromatic heterocycles.